The zero-order valence-corrected chi connectivity index (χ0v) is 11.8. The van der Waals surface area contributed by atoms with Crippen LogP contribution in [0.15, 0.2) is 42.6 Å². The molecule has 0 atom stereocenters. The van der Waals surface area contributed by atoms with E-state index in [9.17, 15) is 4.79 Å². The molecule has 4 nitrogen and oxygen atoms in total. The van der Waals surface area contributed by atoms with E-state index in [1.165, 1.54) is 0 Å². The Morgan fingerprint density at radius 2 is 1.95 bits per heavy atom. The molecule has 0 bridgehead atoms. The predicted molar refractivity (Wildman–Crippen MR) is 79.1 cm³/mol. The van der Waals surface area contributed by atoms with E-state index in [1.54, 1.807) is 35.4 Å². The van der Waals surface area contributed by atoms with Crippen molar-refractivity contribution in [1.82, 2.24) is 4.98 Å². The molecular formula is C15H15ClN2O2. The van der Waals surface area contributed by atoms with Crippen LogP contribution in [0.2, 0.25) is 5.02 Å². The smallest absolute Gasteiger partial charge is 0.323 e. The van der Waals surface area contributed by atoms with Crippen molar-refractivity contribution in [2.75, 3.05) is 11.4 Å². The van der Waals surface area contributed by atoms with Crippen LogP contribution in [0.3, 0.4) is 0 Å². The van der Waals surface area contributed by atoms with Crippen molar-refractivity contribution in [2.24, 2.45) is 0 Å². The number of carbonyl (C=O) groups is 1. The van der Waals surface area contributed by atoms with Crippen LogP contribution >= 0.6 is 11.6 Å². The average Bonchev–Trinajstić information content (AvgIpc) is 2.41. The van der Waals surface area contributed by atoms with Crippen LogP contribution in [-0.2, 0) is 11.3 Å². The maximum atomic E-state index is 11.0. The standard InChI is InChI=1S/C15H15ClN2O2/c1-11-2-5-13(17-8-11)9-18(10-15(19)20)14-6-3-12(16)4-7-14/h2-8H,9-10H2,1H3,(H,19,20). The summed E-state index contributed by atoms with van der Waals surface area (Å²) in [6.07, 6.45) is 1.77. The highest BCUT2D eigenvalue weighted by Crippen LogP contribution is 2.19. The lowest BCUT2D eigenvalue weighted by Crippen LogP contribution is -2.29. The molecule has 2 aromatic rings. The van der Waals surface area contributed by atoms with Gasteiger partial charge in [0.05, 0.1) is 12.2 Å². The van der Waals surface area contributed by atoms with Gasteiger partial charge in [0.15, 0.2) is 0 Å². The number of pyridine rings is 1. The minimum Gasteiger partial charge on any atom is -0.480 e. The molecule has 0 fully saturated rings. The van der Waals surface area contributed by atoms with Crippen molar-refractivity contribution in [1.29, 1.82) is 0 Å². The molecule has 20 heavy (non-hydrogen) atoms. The fourth-order valence-electron chi connectivity index (χ4n) is 1.84. The van der Waals surface area contributed by atoms with Gasteiger partial charge in [0, 0.05) is 16.9 Å². The molecule has 1 aromatic heterocycles. The molecule has 0 unspecified atom stereocenters. The van der Waals surface area contributed by atoms with Gasteiger partial charge in [-0.15, -0.1) is 0 Å². The third-order valence-electron chi connectivity index (χ3n) is 2.84. The number of aryl methyl sites for hydroxylation is 1. The molecule has 0 spiro atoms. The number of halogens is 1. The van der Waals surface area contributed by atoms with E-state index in [4.69, 9.17) is 16.7 Å². The van der Waals surface area contributed by atoms with Crippen LogP contribution in [0.1, 0.15) is 11.3 Å². The summed E-state index contributed by atoms with van der Waals surface area (Å²) in [5, 5.41) is 9.66. The molecule has 0 saturated heterocycles. The Bertz CT molecular complexity index is 582. The van der Waals surface area contributed by atoms with E-state index in [-0.39, 0.29) is 6.54 Å². The molecule has 0 aliphatic carbocycles. The Morgan fingerprint density at radius 3 is 2.50 bits per heavy atom. The zero-order chi connectivity index (χ0) is 14.5. The first-order valence-corrected chi connectivity index (χ1v) is 6.56. The summed E-state index contributed by atoms with van der Waals surface area (Å²) in [5.41, 5.74) is 2.70. The lowest BCUT2D eigenvalue weighted by atomic mass is 10.2. The van der Waals surface area contributed by atoms with Crippen molar-refractivity contribution in [3.05, 3.63) is 58.9 Å². The van der Waals surface area contributed by atoms with E-state index < -0.39 is 5.97 Å². The molecule has 2 rings (SSSR count). The van der Waals surface area contributed by atoms with Crippen LogP contribution < -0.4 is 4.90 Å². The van der Waals surface area contributed by atoms with Gasteiger partial charge in [-0.3, -0.25) is 9.78 Å². The van der Waals surface area contributed by atoms with Crippen LogP contribution in [0.4, 0.5) is 5.69 Å². The molecule has 0 aliphatic heterocycles. The van der Waals surface area contributed by atoms with E-state index in [0.717, 1.165) is 16.9 Å². The molecule has 104 valence electrons. The van der Waals surface area contributed by atoms with Gasteiger partial charge in [0.1, 0.15) is 6.54 Å². The number of carboxylic acids is 1. The lowest BCUT2D eigenvalue weighted by molar-refractivity contribution is -0.135. The summed E-state index contributed by atoms with van der Waals surface area (Å²) in [6, 6.07) is 11.0. The molecule has 1 aromatic carbocycles. The summed E-state index contributed by atoms with van der Waals surface area (Å²) >= 11 is 5.85. The number of aromatic nitrogens is 1. The third-order valence-corrected chi connectivity index (χ3v) is 3.10. The molecule has 0 radical (unpaired) electrons. The van der Waals surface area contributed by atoms with Gasteiger partial charge < -0.3 is 10.0 Å². The molecular weight excluding hydrogens is 276 g/mol. The van der Waals surface area contributed by atoms with Crippen molar-refractivity contribution in [2.45, 2.75) is 13.5 Å². The van der Waals surface area contributed by atoms with Gasteiger partial charge in [-0.2, -0.15) is 0 Å². The van der Waals surface area contributed by atoms with Crippen LogP contribution in [-0.4, -0.2) is 22.6 Å². The Labute approximate surface area is 122 Å². The second kappa shape index (κ2) is 6.39. The first-order valence-electron chi connectivity index (χ1n) is 6.18. The minimum atomic E-state index is -0.882. The fraction of sp³-hybridized carbons (Fsp3) is 0.200. The van der Waals surface area contributed by atoms with Gasteiger partial charge in [-0.1, -0.05) is 17.7 Å². The Balaban J connectivity index is 2.21. The topological polar surface area (TPSA) is 53.4 Å². The minimum absolute atomic E-state index is 0.0861. The van der Waals surface area contributed by atoms with E-state index in [0.29, 0.717) is 11.6 Å². The maximum Gasteiger partial charge on any atom is 0.323 e. The Hall–Kier alpha value is -2.07. The van der Waals surface area contributed by atoms with Gasteiger partial charge >= 0.3 is 5.97 Å². The highest BCUT2D eigenvalue weighted by Gasteiger charge is 2.12. The second-order valence-corrected chi connectivity index (χ2v) is 4.99. The molecule has 0 amide bonds. The molecule has 5 heteroatoms. The number of aliphatic carboxylic acids is 1. The number of carboxylic acid groups (broad SMARTS) is 1. The van der Waals surface area contributed by atoms with E-state index in [1.807, 2.05) is 19.1 Å². The van der Waals surface area contributed by atoms with Gasteiger partial charge in [-0.05, 0) is 42.8 Å². The largest absolute Gasteiger partial charge is 0.480 e. The molecule has 1 N–H and O–H groups in total. The number of hydrogen-bond acceptors (Lipinski definition) is 3. The lowest BCUT2D eigenvalue weighted by Gasteiger charge is -2.22. The summed E-state index contributed by atoms with van der Waals surface area (Å²) in [4.78, 5) is 17.1. The quantitative estimate of drug-likeness (QED) is 0.919. The Kier molecular flexibility index (Phi) is 4.58. The van der Waals surface area contributed by atoms with Crippen molar-refractivity contribution >= 4 is 23.3 Å². The Morgan fingerprint density at radius 1 is 1.25 bits per heavy atom. The van der Waals surface area contributed by atoms with Crippen molar-refractivity contribution in [3.8, 4) is 0 Å². The summed E-state index contributed by atoms with van der Waals surface area (Å²) in [5.74, 6) is -0.882. The number of nitrogens with zero attached hydrogens (tertiary/aromatic N) is 2. The number of benzene rings is 1. The average molecular weight is 291 g/mol. The highest BCUT2D eigenvalue weighted by molar-refractivity contribution is 6.30. The van der Waals surface area contributed by atoms with Crippen LogP contribution in [0, 0.1) is 6.92 Å². The normalized spacial score (nSPS) is 10.3. The fourth-order valence-corrected chi connectivity index (χ4v) is 1.97. The monoisotopic (exact) mass is 290 g/mol. The first kappa shape index (κ1) is 14.3. The predicted octanol–water partition coefficient (Wildman–Crippen LogP) is 3.13. The van der Waals surface area contributed by atoms with E-state index >= 15 is 0 Å². The van der Waals surface area contributed by atoms with Gasteiger partial charge in [0.2, 0.25) is 0 Å². The van der Waals surface area contributed by atoms with Crippen molar-refractivity contribution < 1.29 is 9.90 Å². The van der Waals surface area contributed by atoms with Gasteiger partial charge in [0.25, 0.3) is 0 Å². The van der Waals surface area contributed by atoms with Crippen molar-refractivity contribution in [3.63, 3.8) is 0 Å². The van der Waals surface area contributed by atoms with Gasteiger partial charge in [-0.25, -0.2) is 0 Å². The zero-order valence-electron chi connectivity index (χ0n) is 11.1. The molecule has 1 heterocycles. The molecule has 0 aliphatic rings. The maximum absolute atomic E-state index is 11.0. The van der Waals surface area contributed by atoms with Crippen LogP contribution in [0.25, 0.3) is 0 Å². The first-order chi connectivity index (χ1) is 9.54. The number of anilines is 1. The van der Waals surface area contributed by atoms with E-state index in [2.05, 4.69) is 4.98 Å². The summed E-state index contributed by atoms with van der Waals surface area (Å²) in [7, 11) is 0. The molecule has 0 saturated carbocycles. The number of rotatable bonds is 5. The third kappa shape index (κ3) is 3.96. The van der Waals surface area contributed by atoms with Crippen LogP contribution in [0.5, 0.6) is 0 Å². The second-order valence-electron chi connectivity index (χ2n) is 4.55. The SMILES string of the molecule is Cc1ccc(CN(CC(=O)O)c2ccc(Cl)cc2)nc1. The summed E-state index contributed by atoms with van der Waals surface area (Å²) in [6.45, 7) is 2.32. The number of hydrogen-bond donors (Lipinski definition) is 1. The summed E-state index contributed by atoms with van der Waals surface area (Å²) < 4.78 is 0. The highest BCUT2D eigenvalue weighted by atomic mass is 35.5.